The number of carbonyl (C=O) groups is 1. The van der Waals surface area contributed by atoms with Gasteiger partial charge < -0.3 is 14.8 Å². The van der Waals surface area contributed by atoms with Crippen LogP contribution < -0.4 is 14.8 Å². The predicted molar refractivity (Wildman–Crippen MR) is 89.5 cm³/mol. The molecule has 0 spiro atoms. The van der Waals surface area contributed by atoms with Crippen molar-refractivity contribution < 1.29 is 14.3 Å². The summed E-state index contributed by atoms with van der Waals surface area (Å²) < 4.78 is 10.9. The van der Waals surface area contributed by atoms with Crippen LogP contribution in [0.3, 0.4) is 0 Å². The molecule has 0 saturated heterocycles. The fourth-order valence-electron chi connectivity index (χ4n) is 2.30. The largest absolute Gasteiger partial charge is 0.486 e. The highest BCUT2D eigenvalue weighted by molar-refractivity contribution is 6.30. The Hall–Kier alpha value is -3.13. The number of hydrogen-bond donors (Lipinski definition) is 1. The Bertz CT molecular complexity index is 926. The molecule has 2 heterocycles. The molecule has 0 aliphatic carbocycles. The van der Waals surface area contributed by atoms with Gasteiger partial charge in [-0.05, 0) is 41.6 Å². The summed E-state index contributed by atoms with van der Waals surface area (Å²) in [7, 11) is 0. The van der Waals surface area contributed by atoms with Crippen molar-refractivity contribution in [1.82, 2.24) is 20.2 Å². The Balaban J connectivity index is 1.51. The lowest BCUT2D eigenvalue weighted by Crippen LogP contribution is -2.17. The van der Waals surface area contributed by atoms with Crippen LogP contribution in [0.2, 0.25) is 5.02 Å². The minimum Gasteiger partial charge on any atom is -0.486 e. The summed E-state index contributed by atoms with van der Waals surface area (Å²) in [5.41, 5.74) is 1.20. The number of hydrogen-bond acceptors (Lipinski definition) is 6. The number of tetrazole rings is 1. The zero-order valence-corrected chi connectivity index (χ0v) is 13.6. The van der Waals surface area contributed by atoms with Gasteiger partial charge in [0.25, 0.3) is 11.7 Å². The van der Waals surface area contributed by atoms with Crippen LogP contribution in [-0.4, -0.2) is 39.3 Å². The number of ether oxygens (including phenoxy) is 2. The average Bonchev–Trinajstić information content (AvgIpc) is 3.12. The number of anilines is 1. The quantitative estimate of drug-likeness (QED) is 0.773. The molecule has 8 nitrogen and oxygen atoms in total. The van der Waals surface area contributed by atoms with Gasteiger partial charge in [-0.3, -0.25) is 4.79 Å². The first-order valence-corrected chi connectivity index (χ1v) is 7.84. The van der Waals surface area contributed by atoms with Gasteiger partial charge in [-0.2, -0.15) is 0 Å². The van der Waals surface area contributed by atoms with Gasteiger partial charge in [0.15, 0.2) is 11.5 Å². The second-order valence-electron chi connectivity index (χ2n) is 5.19. The molecule has 0 radical (unpaired) electrons. The van der Waals surface area contributed by atoms with Gasteiger partial charge in [0, 0.05) is 16.8 Å². The van der Waals surface area contributed by atoms with E-state index >= 15 is 0 Å². The van der Waals surface area contributed by atoms with Gasteiger partial charge >= 0.3 is 0 Å². The fraction of sp³-hybridized carbons (Fsp3) is 0.125. The van der Waals surface area contributed by atoms with Gasteiger partial charge in [-0.15, -0.1) is 15.0 Å². The number of nitrogens with one attached hydrogen (secondary N) is 1. The predicted octanol–water partition coefficient (Wildman–Crippen LogP) is 2.34. The Morgan fingerprint density at radius 1 is 1.08 bits per heavy atom. The molecule has 1 aliphatic heterocycles. The Morgan fingerprint density at radius 2 is 1.84 bits per heavy atom. The molecule has 25 heavy (non-hydrogen) atoms. The van der Waals surface area contributed by atoms with Crippen molar-refractivity contribution in [3.05, 3.63) is 53.3 Å². The van der Waals surface area contributed by atoms with Crippen LogP contribution in [-0.2, 0) is 0 Å². The molecule has 0 atom stereocenters. The van der Waals surface area contributed by atoms with Crippen LogP contribution in [0.15, 0.2) is 42.5 Å². The minimum absolute atomic E-state index is 0.0511. The second kappa shape index (κ2) is 6.40. The molecule has 9 heteroatoms. The number of carbonyl (C=O) groups excluding carboxylic acids is 1. The Kier molecular flexibility index (Phi) is 3.95. The van der Waals surface area contributed by atoms with E-state index < -0.39 is 5.91 Å². The molecule has 0 bridgehead atoms. The smallest absolute Gasteiger partial charge is 0.297 e. The molecule has 0 fully saturated rings. The Labute approximate surface area is 147 Å². The van der Waals surface area contributed by atoms with Crippen LogP contribution in [0.5, 0.6) is 11.5 Å². The van der Waals surface area contributed by atoms with E-state index in [4.69, 9.17) is 21.1 Å². The molecule has 3 aromatic rings. The molecule has 1 amide bonds. The highest BCUT2D eigenvalue weighted by atomic mass is 35.5. The average molecular weight is 358 g/mol. The molecule has 1 aliphatic rings. The summed E-state index contributed by atoms with van der Waals surface area (Å²) in [4.78, 5) is 13.6. The van der Waals surface area contributed by atoms with Gasteiger partial charge in [0.05, 0.1) is 5.69 Å². The molecule has 4 rings (SSSR count). The number of aromatic nitrogens is 4. The monoisotopic (exact) mass is 357 g/mol. The lowest BCUT2D eigenvalue weighted by molar-refractivity contribution is 0.101. The third kappa shape index (κ3) is 3.24. The van der Waals surface area contributed by atoms with Crippen LogP contribution >= 0.6 is 11.6 Å². The highest BCUT2D eigenvalue weighted by Gasteiger charge is 2.16. The van der Waals surface area contributed by atoms with E-state index in [1.807, 2.05) is 0 Å². The van der Waals surface area contributed by atoms with Crippen LogP contribution in [0.1, 0.15) is 10.6 Å². The van der Waals surface area contributed by atoms with Crippen LogP contribution in [0, 0.1) is 0 Å². The first-order valence-electron chi connectivity index (χ1n) is 7.46. The summed E-state index contributed by atoms with van der Waals surface area (Å²) in [5.74, 6) is 0.708. The molecule has 126 valence electrons. The van der Waals surface area contributed by atoms with E-state index in [2.05, 4.69) is 20.7 Å². The van der Waals surface area contributed by atoms with Crippen LogP contribution in [0.4, 0.5) is 5.69 Å². The van der Waals surface area contributed by atoms with E-state index in [0.717, 1.165) is 0 Å². The number of benzene rings is 2. The van der Waals surface area contributed by atoms with E-state index in [-0.39, 0.29) is 5.82 Å². The maximum atomic E-state index is 12.3. The van der Waals surface area contributed by atoms with Gasteiger partial charge in [0.2, 0.25) is 0 Å². The van der Waals surface area contributed by atoms with E-state index in [9.17, 15) is 4.79 Å². The topological polar surface area (TPSA) is 91.2 Å². The van der Waals surface area contributed by atoms with Crippen molar-refractivity contribution in [2.24, 2.45) is 0 Å². The summed E-state index contributed by atoms with van der Waals surface area (Å²) >= 11 is 5.85. The van der Waals surface area contributed by atoms with E-state index in [1.54, 1.807) is 42.5 Å². The number of nitrogens with zero attached hydrogens (tertiary/aromatic N) is 4. The van der Waals surface area contributed by atoms with Crippen molar-refractivity contribution in [3.8, 4) is 17.2 Å². The molecular formula is C16H12ClN5O3. The first-order chi connectivity index (χ1) is 12.2. The SMILES string of the molecule is O=C(Nc1ccc2c(c1)OCCO2)c1nnn(-c2ccc(Cl)cc2)n1. The molecule has 1 aromatic heterocycles. The lowest BCUT2D eigenvalue weighted by atomic mass is 10.2. The summed E-state index contributed by atoms with van der Waals surface area (Å²) in [6, 6.07) is 12.0. The normalized spacial score (nSPS) is 12.7. The standard InChI is InChI=1S/C16H12ClN5O3/c17-10-1-4-12(5-2-10)22-20-15(19-21-22)16(23)18-11-3-6-13-14(9-11)25-8-7-24-13/h1-6,9H,7-8H2,(H,18,23). The third-order valence-corrected chi connectivity index (χ3v) is 3.73. The maximum absolute atomic E-state index is 12.3. The number of halogens is 1. The fourth-order valence-corrected chi connectivity index (χ4v) is 2.42. The lowest BCUT2D eigenvalue weighted by Gasteiger charge is -2.18. The van der Waals surface area contributed by atoms with Crippen molar-refractivity contribution in [1.29, 1.82) is 0 Å². The van der Waals surface area contributed by atoms with Crippen molar-refractivity contribution >= 4 is 23.2 Å². The third-order valence-electron chi connectivity index (χ3n) is 3.47. The number of fused-ring (bicyclic) bond motifs is 1. The summed E-state index contributed by atoms with van der Waals surface area (Å²) in [5, 5.41) is 15.0. The van der Waals surface area contributed by atoms with E-state index in [1.165, 1.54) is 4.80 Å². The van der Waals surface area contributed by atoms with Crippen molar-refractivity contribution in [2.75, 3.05) is 18.5 Å². The highest BCUT2D eigenvalue weighted by Crippen LogP contribution is 2.32. The molecule has 2 aromatic carbocycles. The summed E-state index contributed by atoms with van der Waals surface area (Å²) in [6.45, 7) is 0.984. The second-order valence-corrected chi connectivity index (χ2v) is 5.63. The van der Waals surface area contributed by atoms with Crippen LogP contribution in [0.25, 0.3) is 5.69 Å². The zero-order valence-electron chi connectivity index (χ0n) is 12.8. The van der Waals surface area contributed by atoms with E-state index in [0.29, 0.717) is 41.1 Å². The summed E-state index contributed by atoms with van der Waals surface area (Å²) in [6.07, 6.45) is 0. The number of amides is 1. The van der Waals surface area contributed by atoms with Crippen molar-refractivity contribution in [3.63, 3.8) is 0 Å². The zero-order chi connectivity index (χ0) is 17.2. The first kappa shape index (κ1) is 15.4. The van der Waals surface area contributed by atoms with Gasteiger partial charge in [-0.25, -0.2) is 0 Å². The van der Waals surface area contributed by atoms with Gasteiger partial charge in [0.1, 0.15) is 13.2 Å². The molecule has 0 saturated carbocycles. The molecule has 0 unspecified atom stereocenters. The number of rotatable bonds is 3. The maximum Gasteiger partial charge on any atom is 0.297 e. The molecule has 1 N–H and O–H groups in total. The minimum atomic E-state index is -0.475. The van der Waals surface area contributed by atoms with Gasteiger partial charge in [-0.1, -0.05) is 11.6 Å². The Morgan fingerprint density at radius 3 is 2.64 bits per heavy atom. The molecular weight excluding hydrogens is 346 g/mol. The van der Waals surface area contributed by atoms with Crippen molar-refractivity contribution in [2.45, 2.75) is 0 Å².